The van der Waals surface area contributed by atoms with Gasteiger partial charge in [0.05, 0.1) is 17.4 Å². The third kappa shape index (κ3) is 5.67. The fourth-order valence-corrected chi connectivity index (χ4v) is 4.90. The van der Waals surface area contributed by atoms with E-state index < -0.39 is 11.0 Å². The fraction of sp³-hybridized carbons (Fsp3) is 0.174. The Balaban J connectivity index is 1.60. The van der Waals surface area contributed by atoms with Gasteiger partial charge in [-0.25, -0.2) is 4.39 Å². The summed E-state index contributed by atoms with van der Waals surface area (Å²) in [5, 5.41) is 25.1. The van der Waals surface area contributed by atoms with E-state index in [2.05, 4.69) is 15.5 Å². The van der Waals surface area contributed by atoms with E-state index in [4.69, 9.17) is 0 Å². The van der Waals surface area contributed by atoms with Crippen molar-refractivity contribution in [3.63, 3.8) is 0 Å². The highest BCUT2D eigenvalue weighted by Gasteiger charge is 2.22. The van der Waals surface area contributed by atoms with Gasteiger partial charge in [0, 0.05) is 28.5 Å². The standard InChI is InChI=1S/C23H20FN5O3S2/c1-15(25-21(30)13-20-3-2-12-33-20)22-26-27-23(34-14-16-4-6-17(24)7-5-16)28(22)18-8-10-19(11-9-18)29(31)32/h2-12,15H,13-14H2,1H3,(H,25,30). The van der Waals surface area contributed by atoms with Gasteiger partial charge in [-0.3, -0.25) is 19.5 Å². The zero-order chi connectivity index (χ0) is 24.1. The second-order valence-corrected chi connectivity index (χ2v) is 9.38. The van der Waals surface area contributed by atoms with Crippen molar-refractivity contribution in [3.05, 3.63) is 98.2 Å². The third-order valence-corrected chi connectivity index (χ3v) is 6.81. The van der Waals surface area contributed by atoms with E-state index in [1.807, 2.05) is 24.4 Å². The predicted molar refractivity (Wildman–Crippen MR) is 129 cm³/mol. The average Bonchev–Trinajstić information content (AvgIpc) is 3.48. The minimum Gasteiger partial charge on any atom is -0.346 e. The number of rotatable bonds is 9. The van der Waals surface area contributed by atoms with Crippen molar-refractivity contribution in [1.82, 2.24) is 20.1 Å². The second-order valence-electron chi connectivity index (χ2n) is 7.41. The zero-order valence-corrected chi connectivity index (χ0v) is 19.7. The Morgan fingerprint density at radius 1 is 1.18 bits per heavy atom. The lowest BCUT2D eigenvalue weighted by molar-refractivity contribution is -0.384. The first-order valence-electron chi connectivity index (χ1n) is 10.3. The first kappa shape index (κ1) is 23.6. The third-order valence-electron chi connectivity index (χ3n) is 4.94. The number of carbonyl (C=O) groups is 1. The van der Waals surface area contributed by atoms with Gasteiger partial charge in [-0.15, -0.1) is 21.5 Å². The highest BCUT2D eigenvalue weighted by molar-refractivity contribution is 7.98. The summed E-state index contributed by atoms with van der Waals surface area (Å²) in [5.74, 6) is 0.561. The van der Waals surface area contributed by atoms with Gasteiger partial charge < -0.3 is 5.32 Å². The number of aromatic nitrogens is 3. The van der Waals surface area contributed by atoms with Crippen LogP contribution in [0.15, 0.2) is 71.2 Å². The predicted octanol–water partition coefficient (Wildman–Crippen LogP) is 5.09. The molecule has 1 unspecified atom stereocenters. The quantitative estimate of drug-likeness (QED) is 0.196. The Labute approximate surface area is 203 Å². The second kappa shape index (κ2) is 10.6. The van der Waals surface area contributed by atoms with Crippen molar-refractivity contribution >= 4 is 34.7 Å². The van der Waals surface area contributed by atoms with Crippen LogP contribution in [0.5, 0.6) is 0 Å². The molecule has 174 valence electrons. The zero-order valence-electron chi connectivity index (χ0n) is 18.1. The molecule has 0 bridgehead atoms. The normalized spacial score (nSPS) is 11.8. The lowest BCUT2D eigenvalue weighted by atomic mass is 10.2. The van der Waals surface area contributed by atoms with Crippen LogP contribution in [-0.4, -0.2) is 25.6 Å². The number of benzene rings is 2. The number of nitrogens with zero attached hydrogens (tertiary/aromatic N) is 4. The monoisotopic (exact) mass is 497 g/mol. The van der Waals surface area contributed by atoms with E-state index in [-0.39, 0.29) is 23.8 Å². The summed E-state index contributed by atoms with van der Waals surface area (Å²) in [7, 11) is 0. The number of thiophene rings is 1. The van der Waals surface area contributed by atoms with Crippen LogP contribution >= 0.6 is 23.1 Å². The molecule has 0 radical (unpaired) electrons. The Bertz CT molecular complexity index is 1280. The van der Waals surface area contributed by atoms with Crippen molar-refractivity contribution in [2.45, 2.75) is 30.3 Å². The molecule has 2 heterocycles. The average molecular weight is 498 g/mol. The van der Waals surface area contributed by atoms with E-state index in [1.54, 1.807) is 28.8 Å². The molecule has 0 spiro atoms. The molecule has 4 aromatic rings. The summed E-state index contributed by atoms with van der Waals surface area (Å²) in [6, 6.07) is 15.6. The van der Waals surface area contributed by atoms with Gasteiger partial charge in [0.2, 0.25) is 5.91 Å². The molecule has 1 amide bonds. The van der Waals surface area contributed by atoms with E-state index in [1.165, 1.54) is 47.4 Å². The largest absolute Gasteiger partial charge is 0.346 e. The number of halogens is 1. The molecule has 2 aromatic carbocycles. The van der Waals surface area contributed by atoms with Crippen molar-refractivity contribution in [3.8, 4) is 5.69 Å². The lowest BCUT2D eigenvalue weighted by Gasteiger charge is -2.16. The number of nitro benzene ring substituents is 1. The molecule has 4 rings (SSSR count). The molecule has 0 fully saturated rings. The minimum atomic E-state index is -0.464. The smallest absolute Gasteiger partial charge is 0.269 e. The molecule has 0 aliphatic carbocycles. The van der Waals surface area contributed by atoms with Gasteiger partial charge >= 0.3 is 0 Å². The SMILES string of the molecule is CC(NC(=O)Cc1cccs1)c1nnc(SCc2ccc(F)cc2)n1-c1ccc([N+](=O)[O-])cc1. The Hall–Kier alpha value is -3.57. The molecule has 0 saturated carbocycles. The van der Waals surface area contributed by atoms with E-state index in [9.17, 15) is 19.3 Å². The van der Waals surface area contributed by atoms with Crippen LogP contribution in [0.4, 0.5) is 10.1 Å². The van der Waals surface area contributed by atoms with Crippen LogP contribution in [0, 0.1) is 15.9 Å². The number of thioether (sulfide) groups is 1. The Morgan fingerprint density at radius 3 is 2.56 bits per heavy atom. The number of non-ortho nitro benzene ring substituents is 1. The number of amides is 1. The van der Waals surface area contributed by atoms with Crippen LogP contribution in [0.3, 0.4) is 0 Å². The number of hydrogen-bond donors (Lipinski definition) is 1. The summed E-state index contributed by atoms with van der Waals surface area (Å²) >= 11 is 2.91. The molecule has 1 atom stereocenters. The minimum absolute atomic E-state index is 0.0313. The molecular formula is C23H20FN5O3S2. The van der Waals surface area contributed by atoms with Gasteiger partial charge in [0.25, 0.3) is 5.69 Å². The molecule has 11 heteroatoms. The van der Waals surface area contributed by atoms with Crippen molar-refractivity contribution in [1.29, 1.82) is 0 Å². The maximum Gasteiger partial charge on any atom is 0.269 e. The molecule has 0 saturated heterocycles. The summed E-state index contributed by atoms with van der Waals surface area (Å²) in [6.07, 6.45) is 0.264. The molecule has 34 heavy (non-hydrogen) atoms. The maximum atomic E-state index is 13.2. The van der Waals surface area contributed by atoms with Crippen LogP contribution in [0.25, 0.3) is 5.69 Å². The van der Waals surface area contributed by atoms with Gasteiger partial charge in [-0.05, 0) is 48.2 Å². The molecule has 1 N–H and O–H groups in total. The molecule has 8 nitrogen and oxygen atoms in total. The fourth-order valence-electron chi connectivity index (χ4n) is 3.28. The number of hydrogen-bond acceptors (Lipinski definition) is 7. The number of nitrogens with one attached hydrogen (secondary N) is 1. The Morgan fingerprint density at radius 2 is 1.91 bits per heavy atom. The topological polar surface area (TPSA) is 103 Å². The van der Waals surface area contributed by atoms with Crippen molar-refractivity contribution in [2.75, 3.05) is 0 Å². The first-order chi connectivity index (χ1) is 16.4. The summed E-state index contributed by atoms with van der Waals surface area (Å²) in [4.78, 5) is 24.1. The molecule has 0 aliphatic heterocycles. The van der Waals surface area contributed by atoms with Gasteiger partial charge in [-0.2, -0.15) is 0 Å². The van der Waals surface area contributed by atoms with E-state index >= 15 is 0 Å². The number of nitro groups is 1. The maximum absolute atomic E-state index is 13.2. The van der Waals surface area contributed by atoms with E-state index in [0.29, 0.717) is 22.4 Å². The van der Waals surface area contributed by atoms with Gasteiger partial charge in [0.1, 0.15) is 5.82 Å². The van der Waals surface area contributed by atoms with Crippen LogP contribution in [-0.2, 0) is 17.0 Å². The van der Waals surface area contributed by atoms with Crippen molar-refractivity contribution in [2.24, 2.45) is 0 Å². The lowest BCUT2D eigenvalue weighted by Crippen LogP contribution is -2.29. The summed E-state index contributed by atoms with van der Waals surface area (Å²) < 4.78 is 15.0. The molecule has 2 aromatic heterocycles. The molecular weight excluding hydrogens is 477 g/mol. The first-order valence-corrected chi connectivity index (χ1v) is 12.2. The van der Waals surface area contributed by atoms with Crippen molar-refractivity contribution < 1.29 is 14.1 Å². The van der Waals surface area contributed by atoms with Gasteiger partial charge in [0.15, 0.2) is 11.0 Å². The van der Waals surface area contributed by atoms with E-state index in [0.717, 1.165) is 10.4 Å². The van der Waals surface area contributed by atoms with Crippen LogP contribution in [0.2, 0.25) is 0 Å². The Kier molecular flexibility index (Phi) is 7.33. The van der Waals surface area contributed by atoms with Crippen LogP contribution < -0.4 is 5.32 Å². The highest BCUT2D eigenvalue weighted by atomic mass is 32.2. The van der Waals surface area contributed by atoms with Crippen LogP contribution in [0.1, 0.15) is 29.2 Å². The molecule has 0 aliphatic rings. The number of carbonyl (C=O) groups excluding carboxylic acids is 1. The van der Waals surface area contributed by atoms with Gasteiger partial charge in [-0.1, -0.05) is 30.0 Å². The summed E-state index contributed by atoms with van der Waals surface area (Å²) in [5.41, 5.74) is 1.51. The highest BCUT2D eigenvalue weighted by Crippen LogP contribution is 2.28. The summed E-state index contributed by atoms with van der Waals surface area (Å²) in [6.45, 7) is 1.81.